The molecule has 3 heteroatoms. The van der Waals surface area contributed by atoms with Crippen LogP contribution in [0.3, 0.4) is 0 Å². The molecule has 0 radical (unpaired) electrons. The molecule has 1 aliphatic rings. The first-order valence-corrected chi connectivity index (χ1v) is 6.28. The molecule has 0 amide bonds. The number of aliphatic hydroxyl groups excluding tert-OH is 2. The molecular formula is C14H21NO2. The van der Waals surface area contributed by atoms with Crippen LogP contribution in [0.2, 0.25) is 0 Å². The summed E-state index contributed by atoms with van der Waals surface area (Å²) in [6, 6.07) is 10.00. The van der Waals surface area contributed by atoms with Crippen LogP contribution in [0.5, 0.6) is 0 Å². The average Bonchev–Trinajstić information content (AvgIpc) is 2.76. The van der Waals surface area contributed by atoms with Gasteiger partial charge in [-0.25, -0.2) is 0 Å². The van der Waals surface area contributed by atoms with E-state index in [1.165, 1.54) is 0 Å². The molecule has 0 bridgehead atoms. The second-order valence-corrected chi connectivity index (χ2v) is 5.11. The van der Waals surface area contributed by atoms with Crippen molar-refractivity contribution in [3.63, 3.8) is 0 Å². The Bertz CT molecular complexity index is 354. The summed E-state index contributed by atoms with van der Waals surface area (Å²) in [5.41, 5.74) is 0.582. The quantitative estimate of drug-likeness (QED) is 0.739. The molecule has 1 fully saturated rings. The van der Waals surface area contributed by atoms with Gasteiger partial charge in [0.2, 0.25) is 0 Å². The lowest BCUT2D eigenvalue weighted by Crippen LogP contribution is -2.51. The molecule has 3 unspecified atom stereocenters. The zero-order valence-electron chi connectivity index (χ0n) is 10.3. The van der Waals surface area contributed by atoms with Gasteiger partial charge in [0.1, 0.15) is 0 Å². The molecule has 3 nitrogen and oxygen atoms in total. The summed E-state index contributed by atoms with van der Waals surface area (Å²) in [7, 11) is 0. The fourth-order valence-electron chi connectivity index (χ4n) is 2.54. The Morgan fingerprint density at radius 2 is 2.00 bits per heavy atom. The first-order valence-electron chi connectivity index (χ1n) is 6.28. The minimum Gasteiger partial charge on any atom is -0.394 e. The van der Waals surface area contributed by atoms with E-state index in [0.29, 0.717) is 0 Å². The predicted octanol–water partition coefficient (Wildman–Crippen LogP) is 1.40. The van der Waals surface area contributed by atoms with E-state index in [1.807, 2.05) is 37.3 Å². The molecule has 2 rings (SSSR count). The number of nitrogens with one attached hydrogen (secondary N) is 1. The van der Waals surface area contributed by atoms with Crippen molar-refractivity contribution in [3.05, 3.63) is 35.9 Å². The molecule has 0 aromatic heterocycles. The van der Waals surface area contributed by atoms with Crippen LogP contribution in [0, 0.1) is 0 Å². The molecule has 1 aromatic carbocycles. The summed E-state index contributed by atoms with van der Waals surface area (Å²) in [5, 5.41) is 22.9. The second kappa shape index (κ2) is 5.17. The Hall–Kier alpha value is -0.900. The topological polar surface area (TPSA) is 52.5 Å². The van der Waals surface area contributed by atoms with Crippen LogP contribution in [0.15, 0.2) is 30.3 Å². The van der Waals surface area contributed by atoms with Gasteiger partial charge in [0.25, 0.3) is 0 Å². The fourth-order valence-corrected chi connectivity index (χ4v) is 2.54. The molecule has 17 heavy (non-hydrogen) atoms. The van der Waals surface area contributed by atoms with E-state index in [0.717, 1.165) is 24.8 Å². The van der Waals surface area contributed by atoms with Crippen LogP contribution in [0.1, 0.15) is 31.7 Å². The summed E-state index contributed by atoms with van der Waals surface area (Å²) < 4.78 is 0. The molecule has 1 aromatic rings. The molecule has 3 N–H and O–H groups in total. The molecule has 1 aliphatic carbocycles. The van der Waals surface area contributed by atoms with Gasteiger partial charge >= 0.3 is 0 Å². The Labute approximate surface area is 102 Å². The van der Waals surface area contributed by atoms with E-state index < -0.39 is 5.54 Å². The molecule has 0 heterocycles. The summed E-state index contributed by atoms with van der Waals surface area (Å²) >= 11 is 0. The summed E-state index contributed by atoms with van der Waals surface area (Å²) in [4.78, 5) is 0. The zero-order valence-corrected chi connectivity index (χ0v) is 10.3. The highest BCUT2D eigenvalue weighted by molar-refractivity contribution is 5.24. The lowest BCUT2D eigenvalue weighted by Gasteiger charge is -2.34. The third kappa shape index (κ3) is 2.68. The van der Waals surface area contributed by atoms with Gasteiger partial charge in [0.15, 0.2) is 0 Å². The van der Waals surface area contributed by atoms with Gasteiger partial charge < -0.3 is 15.5 Å². The maximum atomic E-state index is 9.85. The standard InChI is InChI=1S/C14H21NO2/c1-14(10-16,11-6-3-2-4-7-11)15-12-8-5-9-13(12)17/h2-4,6-7,12-13,15-17H,5,8-10H2,1H3. The van der Waals surface area contributed by atoms with Crippen molar-refractivity contribution in [2.45, 2.75) is 43.9 Å². The maximum Gasteiger partial charge on any atom is 0.0693 e. The zero-order chi connectivity index (χ0) is 12.3. The minimum atomic E-state index is -0.475. The third-order valence-corrected chi connectivity index (χ3v) is 3.71. The van der Waals surface area contributed by atoms with Crippen LogP contribution >= 0.6 is 0 Å². The van der Waals surface area contributed by atoms with Crippen LogP contribution < -0.4 is 5.32 Å². The molecule has 0 aliphatic heterocycles. The number of benzene rings is 1. The molecule has 0 spiro atoms. The third-order valence-electron chi connectivity index (χ3n) is 3.71. The van der Waals surface area contributed by atoms with E-state index in [2.05, 4.69) is 5.32 Å². The van der Waals surface area contributed by atoms with Crippen LogP contribution in [-0.2, 0) is 5.54 Å². The van der Waals surface area contributed by atoms with Crippen molar-refractivity contribution in [1.82, 2.24) is 5.32 Å². The smallest absolute Gasteiger partial charge is 0.0693 e. The van der Waals surface area contributed by atoms with Crippen molar-refractivity contribution in [2.24, 2.45) is 0 Å². The van der Waals surface area contributed by atoms with E-state index in [1.54, 1.807) is 0 Å². The lowest BCUT2D eigenvalue weighted by atomic mass is 9.91. The van der Waals surface area contributed by atoms with E-state index in [9.17, 15) is 10.2 Å². The van der Waals surface area contributed by atoms with Gasteiger partial charge in [-0.05, 0) is 31.7 Å². The van der Waals surface area contributed by atoms with Gasteiger partial charge in [0.05, 0.1) is 18.2 Å². The number of hydrogen-bond acceptors (Lipinski definition) is 3. The van der Waals surface area contributed by atoms with Crippen molar-refractivity contribution < 1.29 is 10.2 Å². The molecule has 0 saturated heterocycles. The highest BCUT2D eigenvalue weighted by Crippen LogP contribution is 2.26. The summed E-state index contributed by atoms with van der Waals surface area (Å²) in [6.07, 6.45) is 2.59. The predicted molar refractivity (Wildman–Crippen MR) is 67.7 cm³/mol. The second-order valence-electron chi connectivity index (χ2n) is 5.11. The first-order chi connectivity index (χ1) is 8.15. The van der Waals surface area contributed by atoms with Crippen molar-refractivity contribution in [3.8, 4) is 0 Å². The number of aliphatic hydroxyl groups is 2. The largest absolute Gasteiger partial charge is 0.394 e. The molecule has 3 atom stereocenters. The fraction of sp³-hybridized carbons (Fsp3) is 0.571. The summed E-state index contributed by atoms with van der Waals surface area (Å²) in [5.74, 6) is 0. The van der Waals surface area contributed by atoms with Gasteiger partial charge in [-0.2, -0.15) is 0 Å². The van der Waals surface area contributed by atoms with Crippen molar-refractivity contribution in [1.29, 1.82) is 0 Å². The Morgan fingerprint density at radius 1 is 1.29 bits per heavy atom. The monoisotopic (exact) mass is 235 g/mol. The molecular weight excluding hydrogens is 214 g/mol. The minimum absolute atomic E-state index is 0.0280. The Morgan fingerprint density at radius 3 is 2.53 bits per heavy atom. The maximum absolute atomic E-state index is 9.85. The highest BCUT2D eigenvalue weighted by Gasteiger charge is 2.33. The van der Waals surface area contributed by atoms with Crippen molar-refractivity contribution in [2.75, 3.05) is 6.61 Å². The molecule has 1 saturated carbocycles. The van der Waals surface area contributed by atoms with Gasteiger partial charge in [-0.1, -0.05) is 30.3 Å². The van der Waals surface area contributed by atoms with E-state index in [4.69, 9.17) is 0 Å². The first kappa shape index (κ1) is 12.6. The van der Waals surface area contributed by atoms with Crippen LogP contribution in [0.25, 0.3) is 0 Å². The lowest BCUT2D eigenvalue weighted by molar-refractivity contribution is 0.102. The normalized spacial score (nSPS) is 27.9. The average molecular weight is 235 g/mol. The van der Waals surface area contributed by atoms with Gasteiger partial charge in [-0.15, -0.1) is 0 Å². The van der Waals surface area contributed by atoms with Gasteiger partial charge in [-0.3, -0.25) is 0 Å². The highest BCUT2D eigenvalue weighted by atomic mass is 16.3. The Kier molecular flexibility index (Phi) is 3.82. The Balaban J connectivity index is 2.14. The van der Waals surface area contributed by atoms with Crippen LogP contribution in [-0.4, -0.2) is 29.0 Å². The van der Waals surface area contributed by atoms with Crippen molar-refractivity contribution >= 4 is 0 Å². The van der Waals surface area contributed by atoms with Gasteiger partial charge in [0, 0.05) is 6.04 Å². The van der Waals surface area contributed by atoms with Crippen LogP contribution in [0.4, 0.5) is 0 Å². The summed E-state index contributed by atoms with van der Waals surface area (Å²) in [6.45, 7) is 2.01. The number of rotatable bonds is 4. The number of hydrogen-bond donors (Lipinski definition) is 3. The SMILES string of the molecule is CC(CO)(NC1CCCC1O)c1ccccc1. The molecule has 94 valence electrons. The van der Waals surface area contributed by atoms with E-state index >= 15 is 0 Å². The van der Waals surface area contributed by atoms with E-state index in [-0.39, 0.29) is 18.8 Å².